The van der Waals surface area contributed by atoms with Crippen molar-refractivity contribution in [3.8, 4) is 0 Å². The average Bonchev–Trinajstić information content (AvgIpc) is 2.33. The fourth-order valence-electron chi connectivity index (χ4n) is 1.65. The van der Waals surface area contributed by atoms with Crippen molar-refractivity contribution in [3.05, 3.63) is 35.4 Å². The molecule has 0 spiro atoms. The summed E-state index contributed by atoms with van der Waals surface area (Å²) in [5.74, 6) is -0.411. The van der Waals surface area contributed by atoms with E-state index >= 15 is 0 Å². The van der Waals surface area contributed by atoms with Gasteiger partial charge in [0.25, 0.3) is 0 Å². The van der Waals surface area contributed by atoms with E-state index in [9.17, 15) is 18.0 Å². The van der Waals surface area contributed by atoms with Crippen molar-refractivity contribution in [1.82, 2.24) is 5.32 Å². The van der Waals surface area contributed by atoms with Crippen LogP contribution in [0.2, 0.25) is 0 Å². The van der Waals surface area contributed by atoms with E-state index in [0.29, 0.717) is 18.5 Å². The van der Waals surface area contributed by atoms with Gasteiger partial charge in [0.15, 0.2) is 0 Å². The van der Waals surface area contributed by atoms with Crippen molar-refractivity contribution in [2.24, 2.45) is 5.92 Å². The Labute approximate surface area is 109 Å². The molecule has 6 heteroatoms. The standard InChI is InChI=1S/C13H16F3NO2/c1-9(19)17-7-11(8-18)6-10-2-4-12(5-3-10)13(14,15)16/h2-5,11,18H,6-8H2,1H3,(H,17,19). The molecule has 1 aromatic rings. The number of amides is 1. The number of hydrogen-bond acceptors (Lipinski definition) is 2. The lowest BCUT2D eigenvalue weighted by Gasteiger charge is -2.15. The molecular formula is C13H16F3NO2. The molecule has 0 saturated heterocycles. The van der Waals surface area contributed by atoms with Gasteiger partial charge >= 0.3 is 6.18 Å². The Morgan fingerprint density at radius 1 is 1.32 bits per heavy atom. The van der Waals surface area contributed by atoms with Crippen LogP contribution in [0, 0.1) is 5.92 Å². The summed E-state index contributed by atoms with van der Waals surface area (Å²) >= 11 is 0. The first-order chi connectivity index (χ1) is 8.82. The summed E-state index contributed by atoms with van der Waals surface area (Å²) in [5.41, 5.74) is -0.00365. The molecule has 0 aliphatic heterocycles. The number of carbonyl (C=O) groups is 1. The lowest BCUT2D eigenvalue weighted by Crippen LogP contribution is -2.30. The van der Waals surface area contributed by atoms with Gasteiger partial charge in [-0.15, -0.1) is 0 Å². The number of halogens is 3. The zero-order valence-electron chi connectivity index (χ0n) is 10.5. The summed E-state index contributed by atoms with van der Waals surface area (Å²) in [4.78, 5) is 10.8. The van der Waals surface area contributed by atoms with Crippen LogP contribution in [-0.4, -0.2) is 24.2 Å². The number of aliphatic hydroxyl groups is 1. The molecule has 1 atom stereocenters. The Bertz CT molecular complexity index is 415. The molecule has 0 bridgehead atoms. The van der Waals surface area contributed by atoms with Gasteiger partial charge in [0.2, 0.25) is 5.91 Å². The van der Waals surface area contributed by atoms with Crippen LogP contribution >= 0.6 is 0 Å². The van der Waals surface area contributed by atoms with Gasteiger partial charge in [-0.05, 0) is 24.1 Å². The van der Waals surface area contributed by atoms with E-state index in [1.807, 2.05) is 0 Å². The Hall–Kier alpha value is -1.56. The molecule has 0 aliphatic rings. The Kier molecular flexibility index (Phi) is 5.35. The first kappa shape index (κ1) is 15.5. The molecule has 0 fully saturated rings. The molecule has 0 aromatic heterocycles. The van der Waals surface area contributed by atoms with E-state index in [4.69, 9.17) is 5.11 Å². The third-order valence-corrected chi connectivity index (χ3v) is 2.70. The zero-order valence-corrected chi connectivity index (χ0v) is 10.5. The Morgan fingerprint density at radius 2 is 1.89 bits per heavy atom. The maximum atomic E-state index is 12.4. The number of nitrogens with one attached hydrogen (secondary N) is 1. The third kappa shape index (κ3) is 5.30. The predicted octanol–water partition coefficient (Wildman–Crippen LogP) is 1.99. The number of rotatable bonds is 5. The first-order valence-corrected chi connectivity index (χ1v) is 5.84. The van der Waals surface area contributed by atoms with Crippen molar-refractivity contribution in [1.29, 1.82) is 0 Å². The van der Waals surface area contributed by atoms with Crippen molar-refractivity contribution in [2.45, 2.75) is 19.5 Å². The van der Waals surface area contributed by atoms with E-state index in [0.717, 1.165) is 12.1 Å². The minimum Gasteiger partial charge on any atom is -0.396 e. The van der Waals surface area contributed by atoms with Gasteiger partial charge < -0.3 is 10.4 Å². The first-order valence-electron chi connectivity index (χ1n) is 5.84. The Balaban J connectivity index is 2.63. The summed E-state index contributed by atoms with van der Waals surface area (Å²) in [6.07, 6.45) is -3.93. The Morgan fingerprint density at radius 3 is 2.32 bits per heavy atom. The molecule has 1 aromatic carbocycles. The van der Waals surface area contributed by atoms with Crippen LogP contribution in [0.15, 0.2) is 24.3 Å². The lowest BCUT2D eigenvalue weighted by molar-refractivity contribution is -0.137. The molecule has 1 amide bonds. The summed E-state index contributed by atoms with van der Waals surface area (Å²) in [7, 11) is 0. The van der Waals surface area contributed by atoms with Gasteiger partial charge in [0.1, 0.15) is 0 Å². The summed E-state index contributed by atoms with van der Waals surface area (Å²) in [6, 6.07) is 4.81. The number of aliphatic hydroxyl groups excluding tert-OH is 1. The quantitative estimate of drug-likeness (QED) is 0.863. The van der Waals surface area contributed by atoms with E-state index < -0.39 is 11.7 Å². The van der Waals surface area contributed by atoms with Crippen molar-refractivity contribution in [2.75, 3.05) is 13.2 Å². The lowest BCUT2D eigenvalue weighted by atomic mass is 9.99. The van der Waals surface area contributed by atoms with Crippen LogP contribution in [0.4, 0.5) is 13.2 Å². The SMILES string of the molecule is CC(=O)NCC(CO)Cc1ccc(C(F)(F)F)cc1. The van der Waals surface area contributed by atoms with Crippen LogP contribution in [0.3, 0.4) is 0 Å². The fraction of sp³-hybridized carbons (Fsp3) is 0.462. The van der Waals surface area contributed by atoms with Crippen molar-refractivity contribution < 1.29 is 23.1 Å². The van der Waals surface area contributed by atoms with Crippen LogP contribution in [0.25, 0.3) is 0 Å². The molecule has 2 N–H and O–H groups in total. The van der Waals surface area contributed by atoms with Gasteiger partial charge in [-0.25, -0.2) is 0 Å². The minimum atomic E-state index is -4.34. The number of hydrogen-bond donors (Lipinski definition) is 2. The smallest absolute Gasteiger partial charge is 0.396 e. The van der Waals surface area contributed by atoms with Crippen LogP contribution < -0.4 is 5.32 Å². The number of alkyl halides is 3. The molecule has 1 unspecified atom stereocenters. The van der Waals surface area contributed by atoms with Gasteiger partial charge in [-0.1, -0.05) is 12.1 Å². The highest BCUT2D eigenvalue weighted by atomic mass is 19.4. The maximum Gasteiger partial charge on any atom is 0.416 e. The number of carbonyl (C=O) groups excluding carboxylic acids is 1. The van der Waals surface area contributed by atoms with Crippen LogP contribution in [0.1, 0.15) is 18.1 Å². The predicted molar refractivity (Wildman–Crippen MR) is 64.4 cm³/mol. The van der Waals surface area contributed by atoms with E-state index in [1.165, 1.54) is 19.1 Å². The fourth-order valence-corrected chi connectivity index (χ4v) is 1.65. The molecule has 106 valence electrons. The normalized spacial score (nSPS) is 13.1. The topological polar surface area (TPSA) is 49.3 Å². The van der Waals surface area contributed by atoms with Crippen molar-refractivity contribution in [3.63, 3.8) is 0 Å². The maximum absolute atomic E-state index is 12.4. The molecule has 3 nitrogen and oxygen atoms in total. The molecule has 0 heterocycles. The number of benzene rings is 1. The summed E-state index contributed by atoms with van der Waals surface area (Å²) in [6.45, 7) is 1.53. The monoisotopic (exact) mass is 275 g/mol. The van der Waals surface area contributed by atoms with Crippen LogP contribution in [0.5, 0.6) is 0 Å². The van der Waals surface area contributed by atoms with Gasteiger partial charge in [0.05, 0.1) is 5.56 Å². The largest absolute Gasteiger partial charge is 0.416 e. The van der Waals surface area contributed by atoms with Gasteiger partial charge in [-0.2, -0.15) is 13.2 Å². The second kappa shape index (κ2) is 6.56. The van der Waals surface area contributed by atoms with E-state index in [-0.39, 0.29) is 18.4 Å². The highest BCUT2D eigenvalue weighted by molar-refractivity contribution is 5.72. The highest BCUT2D eigenvalue weighted by Gasteiger charge is 2.29. The van der Waals surface area contributed by atoms with Crippen molar-refractivity contribution >= 4 is 5.91 Å². The molecule has 0 saturated carbocycles. The molecule has 19 heavy (non-hydrogen) atoms. The summed E-state index contributed by atoms with van der Waals surface area (Å²) in [5, 5.41) is 11.7. The van der Waals surface area contributed by atoms with Gasteiger partial charge in [-0.3, -0.25) is 4.79 Å². The second-order valence-electron chi connectivity index (χ2n) is 4.38. The minimum absolute atomic E-state index is 0.138. The zero-order chi connectivity index (χ0) is 14.5. The van der Waals surface area contributed by atoms with Crippen LogP contribution in [-0.2, 0) is 17.4 Å². The van der Waals surface area contributed by atoms with Gasteiger partial charge in [0, 0.05) is 26.0 Å². The molecule has 1 rings (SSSR count). The van der Waals surface area contributed by atoms with E-state index in [1.54, 1.807) is 0 Å². The molecule has 0 radical (unpaired) electrons. The summed E-state index contributed by atoms with van der Waals surface area (Å²) < 4.78 is 37.1. The third-order valence-electron chi connectivity index (χ3n) is 2.70. The molecule has 0 aliphatic carbocycles. The highest BCUT2D eigenvalue weighted by Crippen LogP contribution is 2.29. The second-order valence-corrected chi connectivity index (χ2v) is 4.38. The van der Waals surface area contributed by atoms with E-state index in [2.05, 4.69) is 5.32 Å². The average molecular weight is 275 g/mol. The molecular weight excluding hydrogens is 259 g/mol.